The standard InChI is InChI=1S/C13H13NO/c1-3-7-14-8-6-11-9-10(2)4-5-12(11)13(14)15/h1,4-5,9H,6-8H2,2H3. The van der Waals surface area contributed by atoms with Gasteiger partial charge in [0.25, 0.3) is 5.91 Å². The molecule has 1 aliphatic heterocycles. The average molecular weight is 199 g/mol. The van der Waals surface area contributed by atoms with E-state index in [9.17, 15) is 4.79 Å². The van der Waals surface area contributed by atoms with Crippen LogP contribution in [0.5, 0.6) is 0 Å². The van der Waals surface area contributed by atoms with Crippen molar-refractivity contribution in [3.63, 3.8) is 0 Å². The SMILES string of the molecule is C#CCN1CCc2cc(C)ccc2C1=O. The lowest BCUT2D eigenvalue weighted by molar-refractivity contribution is 0.0762. The lowest BCUT2D eigenvalue weighted by Gasteiger charge is -2.27. The number of hydrogen-bond acceptors (Lipinski definition) is 1. The summed E-state index contributed by atoms with van der Waals surface area (Å²) in [4.78, 5) is 13.7. The molecule has 1 aromatic rings. The minimum absolute atomic E-state index is 0.0641. The van der Waals surface area contributed by atoms with Crippen LogP contribution >= 0.6 is 0 Å². The number of aryl methyl sites for hydroxylation is 1. The van der Waals surface area contributed by atoms with Crippen molar-refractivity contribution in [1.29, 1.82) is 0 Å². The summed E-state index contributed by atoms with van der Waals surface area (Å²) in [6.45, 7) is 3.18. The van der Waals surface area contributed by atoms with Gasteiger partial charge in [-0.05, 0) is 25.0 Å². The summed E-state index contributed by atoms with van der Waals surface area (Å²) in [5.74, 6) is 2.58. The van der Waals surface area contributed by atoms with Gasteiger partial charge in [0.05, 0.1) is 6.54 Å². The van der Waals surface area contributed by atoms with Crippen LogP contribution < -0.4 is 0 Å². The van der Waals surface area contributed by atoms with Gasteiger partial charge in [0, 0.05) is 12.1 Å². The third-order valence-electron chi connectivity index (χ3n) is 2.71. The zero-order chi connectivity index (χ0) is 10.8. The summed E-state index contributed by atoms with van der Waals surface area (Å²) in [5, 5.41) is 0. The van der Waals surface area contributed by atoms with Gasteiger partial charge in [-0.2, -0.15) is 0 Å². The van der Waals surface area contributed by atoms with Gasteiger partial charge in [-0.15, -0.1) is 6.42 Å². The summed E-state index contributed by atoms with van der Waals surface area (Å²) >= 11 is 0. The molecular formula is C13H13NO. The summed E-state index contributed by atoms with van der Waals surface area (Å²) in [6.07, 6.45) is 6.13. The van der Waals surface area contributed by atoms with E-state index in [0.717, 1.165) is 24.1 Å². The van der Waals surface area contributed by atoms with Gasteiger partial charge >= 0.3 is 0 Å². The fourth-order valence-electron chi connectivity index (χ4n) is 1.93. The van der Waals surface area contributed by atoms with Crippen LogP contribution in [-0.4, -0.2) is 23.9 Å². The van der Waals surface area contributed by atoms with Crippen molar-refractivity contribution >= 4 is 5.91 Å². The number of terminal acetylenes is 1. The Morgan fingerprint density at radius 2 is 2.33 bits per heavy atom. The maximum atomic E-state index is 11.9. The third-order valence-corrected chi connectivity index (χ3v) is 2.71. The first-order chi connectivity index (χ1) is 7.22. The Labute approximate surface area is 89.9 Å². The highest BCUT2D eigenvalue weighted by atomic mass is 16.2. The third kappa shape index (κ3) is 1.73. The Hall–Kier alpha value is -1.75. The first-order valence-corrected chi connectivity index (χ1v) is 5.04. The zero-order valence-corrected chi connectivity index (χ0v) is 8.79. The highest BCUT2D eigenvalue weighted by Crippen LogP contribution is 2.19. The van der Waals surface area contributed by atoms with E-state index in [4.69, 9.17) is 6.42 Å². The highest BCUT2D eigenvalue weighted by molar-refractivity contribution is 5.97. The van der Waals surface area contributed by atoms with Crippen LogP contribution in [0.4, 0.5) is 0 Å². The molecule has 1 heterocycles. The van der Waals surface area contributed by atoms with Gasteiger partial charge in [-0.1, -0.05) is 23.6 Å². The number of amides is 1. The van der Waals surface area contributed by atoms with Gasteiger partial charge in [0.15, 0.2) is 0 Å². The first-order valence-electron chi connectivity index (χ1n) is 5.04. The fraction of sp³-hybridized carbons (Fsp3) is 0.308. The van der Waals surface area contributed by atoms with E-state index in [-0.39, 0.29) is 5.91 Å². The molecule has 0 N–H and O–H groups in total. The predicted molar refractivity (Wildman–Crippen MR) is 59.6 cm³/mol. The minimum atomic E-state index is 0.0641. The quantitative estimate of drug-likeness (QED) is 0.629. The molecular weight excluding hydrogens is 186 g/mol. The maximum absolute atomic E-state index is 11.9. The highest BCUT2D eigenvalue weighted by Gasteiger charge is 2.22. The molecule has 0 spiro atoms. The monoisotopic (exact) mass is 199 g/mol. The van der Waals surface area contributed by atoms with E-state index >= 15 is 0 Å². The van der Waals surface area contributed by atoms with E-state index in [0.29, 0.717) is 6.54 Å². The van der Waals surface area contributed by atoms with E-state index < -0.39 is 0 Å². The average Bonchev–Trinajstić information content (AvgIpc) is 2.22. The molecule has 0 saturated heterocycles. The molecule has 0 aromatic heterocycles. The Morgan fingerprint density at radius 3 is 3.07 bits per heavy atom. The van der Waals surface area contributed by atoms with Crippen molar-refractivity contribution in [1.82, 2.24) is 4.90 Å². The smallest absolute Gasteiger partial charge is 0.254 e. The second kappa shape index (κ2) is 3.78. The van der Waals surface area contributed by atoms with E-state index in [1.54, 1.807) is 4.90 Å². The number of fused-ring (bicyclic) bond motifs is 1. The molecule has 0 bridgehead atoms. The lowest BCUT2D eigenvalue weighted by Crippen LogP contribution is -2.37. The molecule has 0 fully saturated rings. The van der Waals surface area contributed by atoms with Crippen LogP contribution in [0.2, 0.25) is 0 Å². The lowest BCUT2D eigenvalue weighted by atomic mass is 9.97. The van der Waals surface area contributed by atoms with Crippen molar-refractivity contribution in [3.8, 4) is 12.3 Å². The molecule has 0 unspecified atom stereocenters. The van der Waals surface area contributed by atoms with Crippen molar-refractivity contribution in [3.05, 3.63) is 34.9 Å². The number of carbonyl (C=O) groups excluding carboxylic acids is 1. The Bertz CT molecular complexity index is 442. The molecule has 76 valence electrons. The fourth-order valence-corrected chi connectivity index (χ4v) is 1.93. The Balaban J connectivity index is 2.35. The molecule has 0 radical (unpaired) electrons. The van der Waals surface area contributed by atoms with Crippen LogP contribution in [0.25, 0.3) is 0 Å². The molecule has 1 aromatic carbocycles. The van der Waals surface area contributed by atoms with Crippen LogP contribution in [0.3, 0.4) is 0 Å². The summed E-state index contributed by atoms with van der Waals surface area (Å²) in [7, 11) is 0. The van der Waals surface area contributed by atoms with Crippen molar-refractivity contribution in [2.45, 2.75) is 13.3 Å². The van der Waals surface area contributed by atoms with Crippen LogP contribution in [0.1, 0.15) is 21.5 Å². The largest absolute Gasteiger partial charge is 0.327 e. The zero-order valence-electron chi connectivity index (χ0n) is 8.79. The predicted octanol–water partition coefficient (Wildman–Crippen LogP) is 1.63. The number of benzene rings is 1. The van der Waals surface area contributed by atoms with Crippen LogP contribution in [-0.2, 0) is 6.42 Å². The molecule has 1 amide bonds. The Kier molecular flexibility index (Phi) is 2.47. The van der Waals surface area contributed by atoms with Crippen molar-refractivity contribution < 1.29 is 4.79 Å². The first kappa shape index (κ1) is 9.79. The summed E-state index contributed by atoms with van der Waals surface area (Å²) < 4.78 is 0. The van der Waals surface area contributed by atoms with Gasteiger partial charge in [0.2, 0.25) is 0 Å². The molecule has 0 aliphatic carbocycles. The second-order valence-electron chi connectivity index (χ2n) is 3.84. The minimum Gasteiger partial charge on any atom is -0.327 e. The normalized spacial score (nSPS) is 14.7. The van der Waals surface area contributed by atoms with Crippen molar-refractivity contribution in [2.24, 2.45) is 0 Å². The van der Waals surface area contributed by atoms with Gasteiger partial charge < -0.3 is 4.90 Å². The molecule has 2 heteroatoms. The number of carbonyl (C=O) groups is 1. The van der Waals surface area contributed by atoms with E-state index in [1.807, 2.05) is 19.1 Å². The number of hydrogen-bond donors (Lipinski definition) is 0. The van der Waals surface area contributed by atoms with E-state index in [1.165, 1.54) is 5.56 Å². The number of rotatable bonds is 1. The topological polar surface area (TPSA) is 20.3 Å². The molecule has 15 heavy (non-hydrogen) atoms. The summed E-state index contributed by atoms with van der Waals surface area (Å²) in [6, 6.07) is 5.95. The van der Waals surface area contributed by atoms with Gasteiger partial charge in [0.1, 0.15) is 0 Å². The molecule has 2 nitrogen and oxygen atoms in total. The van der Waals surface area contributed by atoms with Gasteiger partial charge in [-0.25, -0.2) is 0 Å². The van der Waals surface area contributed by atoms with Crippen LogP contribution in [0.15, 0.2) is 18.2 Å². The number of nitrogens with zero attached hydrogens (tertiary/aromatic N) is 1. The van der Waals surface area contributed by atoms with Gasteiger partial charge in [-0.3, -0.25) is 4.79 Å². The molecule has 0 saturated carbocycles. The summed E-state index contributed by atoms with van der Waals surface area (Å²) in [5.41, 5.74) is 3.15. The van der Waals surface area contributed by atoms with Crippen molar-refractivity contribution in [2.75, 3.05) is 13.1 Å². The molecule has 1 aliphatic rings. The molecule has 2 rings (SSSR count). The maximum Gasteiger partial charge on any atom is 0.254 e. The van der Waals surface area contributed by atoms with Crippen LogP contribution in [0, 0.1) is 19.3 Å². The van der Waals surface area contributed by atoms with E-state index in [2.05, 4.69) is 12.0 Å². The molecule has 0 atom stereocenters. The second-order valence-corrected chi connectivity index (χ2v) is 3.84. The Morgan fingerprint density at radius 1 is 1.53 bits per heavy atom.